The van der Waals surface area contributed by atoms with Crippen molar-refractivity contribution in [2.45, 2.75) is 32.3 Å². The Hall–Kier alpha value is -3.22. The Labute approximate surface area is 161 Å². The summed E-state index contributed by atoms with van der Waals surface area (Å²) in [5.74, 6) is 1.11. The fourth-order valence-corrected chi connectivity index (χ4v) is 3.11. The van der Waals surface area contributed by atoms with Crippen molar-refractivity contribution in [2.75, 3.05) is 6.54 Å². The zero-order valence-corrected chi connectivity index (χ0v) is 15.4. The maximum Gasteiger partial charge on any atom is 0.227 e. The number of hydrogen-bond acceptors (Lipinski definition) is 5. The average molecular weight is 381 g/mol. The summed E-state index contributed by atoms with van der Waals surface area (Å²) >= 11 is 0. The van der Waals surface area contributed by atoms with Gasteiger partial charge in [0.05, 0.1) is 6.54 Å². The lowest BCUT2D eigenvalue weighted by Gasteiger charge is -2.11. The number of benzene rings is 2. The van der Waals surface area contributed by atoms with E-state index in [2.05, 4.69) is 15.5 Å². The van der Waals surface area contributed by atoms with Gasteiger partial charge in [-0.05, 0) is 30.2 Å². The molecule has 4 rings (SSSR count). The van der Waals surface area contributed by atoms with Crippen LogP contribution in [-0.4, -0.2) is 28.7 Å². The van der Waals surface area contributed by atoms with Crippen LogP contribution in [0.3, 0.4) is 0 Å². The van der Waals surface area contributed by atoms with Gasteiger partial charge in [-0.15, -0.1) is 0 Å². The SMILES string of the molecule is Cc1ccc(-c2noc(CCC(=O)NC[C@H]3Cc4ccccc4O3)n2)cc1F. The van der Waals surface area contributed by atoms with Gasteiger partial charge in [-0.25, -0.2) is 4.39 Å². The molecule has 1 N–H and O–H groups in total. The quantitative estimate of drug-likeness (QED) is 0.709. The van der Waals surface area contributed by atoms with Crippen molar-refractivity contribution in [1.82, 2.24) is 15.5 Å². The second-order valence-electron chi connectivity index (χ2n) is 6.83. The van der Waals surface area contributed by atoms with Gasteiger partial charge in [-0.1, -0.05) is 35.5 Å². The highest BCUT2D eigenvalue weighted by molar-refractivity contribution is 5.76. The first-order chi connectivity index (χ1) is 13.6. The lowest BCUT2D eigenvalue weighted by Crippen LogP contribution is -2.34. The van der Waals surface area contributed by atoms with Gasteiger partial charge in [0.15, 0.2) is 0 Å². The van der Waals surface area contributed by atoms with Crippen molar-refractivity contribution in [1.29, 1.82) is 0 Å². The summed E-state index contributed by atoms with van der Waals surface area (Å²) < 4.78 is 24.7. The number of hydrogen-bond donors (Lipinski definition) is 1. The number of ether oxygens (including phenoxy) is 1. The Kier molecular flexibility index (Phi) is 5.06. The molecule has 0 aliphatic carbocycles. The van der Waals surface area contributed by atoms with Gasteiger partial charge in [0, 0.05) is 24.8 Å². The van der Waals surface area contributed by atoms with E-state index in [1.165, 1.54) is 6.07 Å². The molecule has 6 nitrogen and oxygen atoms in total. The lowest BCUT2D eigenvalue weighted by molar-refractivity contribution is -0.121. The zero-order valence-electron chi connectivity index (χ0n) is 15.4. The van der Waals surface area contributed by atoms with Gasteiger partial charge in [0.25, 0.3) is 0 Å². The molecule has 144 valence electrons. The highest BCUT2D eigenvalue weighted by Crippen LogP contribution is 2.27. The molecule has 0 radical (unpaired) electrons. The van der Waals surface area contributed by atoms with Crippen molar-refractivity contribution < 1.29 is 18.4 Å². The molecule has 2 heterocycles. The van der Waals surface area contributed by atoms with Gasteiger partial charge in [-0.3, -0.25) is 4.79 Å². The average Bonchev–Trinajstić information content (AvgIpc) is 3.33. The minimum absolute atomic E-state index is 0.0483. The summed E-state index contributed by atoms with van der Waals surface area (Å²) in [5.41, 5.74) is 2.26. The van der Waals surface area contributed by atoms with Gasteiger partial charge in [0.1, 0.15) is 17.7 Å². The third-order valence-corrected chi connectivity index (χ3v) is 4.70. The lowest BCUT2D eigenvalue weighted by atomic mass is 10.1. The number of nitrogens with zero attached hydrogens (tertiary/aromatic N) is 2. The van der Waals surface area contributed by atoms with E-state index in [0.717, 1.165) is 17.7 Å². The van der Waals surface area contributed by atoms with Gasteiger partial charge >= 0.3 is 0 Å². The molecule has 1 atom stereocenters. The van der Waals surface area contributed by atoms with Gasteiger partial charge < -0.3 is 14.6 Å². The smallest absolute Gasteiger partial charge is 0.227 e. The van der Waals surface area contributed by atoms with Crippen molar-refractivity contribution in [3.63, 3.8) is 0 Å². The van der Waals surface area contributed by atoms with Gasteiger partial charge in [-0.2, -0.15) is 4.98 Å². The van der Waals surface area contributed by atoms with E-state index in [-0.39, 0.29) is 24.2 Å². The summed E-state index contributed by atoms with van der Waals surface area (Å²) in [6, 6.07) is 12.7. The monoisotopic (exact) mass is 381 g/mol. The molecule has 0 bridgehead atoms. The first-order valence-electron chi connectivity index (χ1n) is 9.19. The molecule has 1 amide bonds. The van der Waals surface area contributed by atoms with E-state index in [1.807, 2.05) is 24.3 Å². The third-order valence-electron chi connectivity index (χ3n) is 4.70. The second kappa shape index (κ2) is 7.80. The maximum absolute atomic E-state index is 13.7. The predicted molar refractivity (Wildman–Crippen MR) is 100 cm³/mol. The molecular weight excluding hydrogens is 361 g/mol. The fraction of sp³-hybridized carbons (Fsp3) is 0.286. The van der Waals surface area contributed by atoms with E-state index < -0.39 is 0 Å². The van der Waals surface area contributed by atoms with Crippen LogP contribution in [0.1, 0.15) is 23.4 Å². The van der Waals surface area contributed by atoms with Gasteiger partial charge in [0.2, 0.25) is 17.6 Å². The van der Waals surface area contributed by atoms with E-state index in [9.17, 15) is 9.18 Å². The van der Waals surface area contributed by atoms with Crippen LogP contribution < -0.4 is 10.1 Å². The number of halogens is 1. The number of carbonyl (C=O) groups is 1. The minimum Gasteiger partial charge on any atom is -0.488 e. The van der Waals surface area contributed by atoms with E-state index in [1.54, 1.807) is 19.1 Å². The summed E-state index contributed by atoms with van der Waals surface area (Å²) in [5, 5.41) is 6.74. The van der Waals surface area contributed by atoms with E-state index in [0.29, 0.717) is 35.8 Å². The van der Waals surface area contributed by atoms with E-state index in [4.69, 9.17) is 9.26 Å². The minimum atomic E-state index is -0.320. The van der Waals surface area contributed by atoms with Crippen LogP contribution in [0.25, 0.3) is 11.4 Å². The summed E-state index contributed by atoms with van der Waals surface area (Å²) in [4.78, 5) is 16.3. The van der Waals surface area contributed by atoms with Crippen molar-refractivity contribution >= 4 is 5.91 Å². The molecule has 0 unspecified atom stereocenters. The number of fused-ring (bicyclic) bond motifs is 1. The van der Waals surface area contributed by atoms with Crippen LogP contribution in [0.4, 0.5) is 4.39 Å². The second-order valence-corrected chi connectivity index (χ2v) is 6.83. The molecular formula is C21H20FN3O3. The number of rotatable bonds is 6. The van der Waals surface area contributed by atoms with E-state index >= 15 is 0 Å². The maximum atomic E-state index is 13.7. The Morgan fingerprint density at radius 3 is 2.96 bits per heavy atom. The molecule has 0 saturated carbocycles. The molecule has 1 aliphatic heterocycles. The van der Waals surface area contributed by atoms with Crippen LogP contribution in [-0.2, 0) is 17.6 Å². The molecule has 3 aromatic rings. The van der Waals surface area contributed by atoms with Crippen LogP contribution in [0.15, 0.2) is 47.0 Å². The first kappa shape index (κ1) is 18.2. The Morgan fingerprint density at radius 2 is 2.14 bits per heavy atom. The standard InChI is InChI=1S/C21H20FN3O3/c1-13-6-7-15(11-17(13)22)21-24-20(28-25-21)9-8-19(26)23-12-16-10-14-4-2-3-5-18(14)27-16/h2-7,11,16H,8-10,12H2,1H3,(H,23,26)/t16-/m1/s1. The summed E-state index contributed by atoms with van der Waals surface area (Å²) in [6.45, 7) is 2.14. The molecule has 1 aliphatic rings. The molecule has 7 heteroatoms. The molecule has 28 heavy (non-hydrogen) atoms. The molecule has 0 spiro atoms. The largest absolute Gasteiger partial charge is 0.488 e. The Morgan fingerprint density at radius 1 is 1.29 bits per heavy atom. The topological polar surface area (TPSA) is 77.2 Å². The number of aromatic nitrogens is 2. The summed E-state index contributed by atoms with van der Waals surface area (Å²) in [7, 11) is 0. The molecule has 2 aromatic carbocycles. The number of nitrogens with one attached hydrogen (secondary N) is 1. The van der Waals surface area contributed by atoms with Crippen molar-refractivity contribution in [3.05, 3.63) is 65.3 Å². The molecule has 0 saturated heterocycles. The van der Waals surface area contributed by atoms with Crippen LogP contribution >= 0.6 is 0 Å². The number of amides is 1. The number of para-hydroxylation sites is 1. The molecule has 0 fully saturated rings. The normalized spacial score (nSPS) is 15.1. The van der Waals surface area contributed by atoms with Crippen molar-refractivity contribution in [2.24, 2.45) is 0 Å². The van der Waals surface area contributed by atoms with Crippen LogP contribution in [0.2, 0.25) is 0 Å². The number of carbonyl (C=O) groups excluding carboxylic acids is 1. The number of aryl methyl sites for hydroxylation is 2. The van der Waals surface area contributed by atoms with Crippen LogP contribution in [0.5, 0.6) is 5.75 Å². The Balaban J connectivity index is 1.25. The first-order valence-corrected chi connectivity index (χ1v) is 9.19. The van der Waals surface area contributed by atoms with Crippen molar-refractivity contribution in [3.8, 4) is 17.1 Å². The third kappa shape index (κ3) is 4.03. The van der Waals surface area contributed by atoms with Crippen LogP contribution in [0, 0.1) is 12.7 Å². The zero-order chi connectivity index (χ0) is 19.5. The fourth-order valence-electron chi connectivity index (χ4n) is 3.11. The highest BCUT2D eigenvalue weighted by Gasteiger charge is 2.22. The highest BCUT2D eigenvalue weighted by atomic mass is 19.1. The molecule has 1 aromatic heterocycles. The summed E-state index contributed by atoms with van der Waals surface area (Å²) in [6.07, 6.45) is 1.28. The Bertz CT molecular complexity index is 977. The predicted octanol–water partition coefficient (Wildman–Crippen LogP) is 3.24.